The van der Waals surface area contributed by atoms with Crippen molar-refractivity contribution in [1.82, 2.24) is 14.9 Å². The third kappa shape index (κ3) is 5.04. The van der Waals surface area contributed by atoms with E-state index in [0.29, 0.717) is 50.2 Å². The Bertz CT molecular complexity index is 1180. The number of nitrogens with one attached hydrogen (secondary N) is 1. The van der Waals surface area contributed by atoms with Crippen LogP contribution >= 0.6 is 11.6 Å². The number of carbonyl (C=O) groups excluding carboxylic acids is 1. The van der Waals surface area contributed by atoms with E-state index in [0.717, 1.165) is 18.9 Å². The van der Waals surface area contributed by atoms with Crippen molar-refractivity contribution in [2.24, 2.45) is 17.3 Å². The minimum Gasteiger partial charge on any atom is -0.473 e. The molecular formula is C25H27ClFN5O4. The molecule has 36 heavy (non-hydrogen) atoms. The van der Waals surface area contributed by atoms with Crippen LogP contribution in [0.3, 0.4) is 0 Å². The Labute approximate surface area is 213 Å². The summed E-state index contributed by atoms with van der Waals surface area (Å²) in [5.74, 6) is -0.0598. The molecule has 11 heteroatoms. The summed E-state index contributed by atoms with van der Waals surface area (Å²) < 4.78 is 32.2. The van der Waals surface area contributed by atoms with Gasteiger partial charge in [-0.05, 0) is 31.9 Å². The topological polar surface area (TPSA) is 110 Å². The zero-order valence-corrected chi connectivity index (χ0v) is 20.8. The zero-order chi connectivity index (χ0) is 25.4. The average Bonchev–Trinajstić information content (AvgIpc) is 3.58. The molecule has 2 atom stereocenters. The number of ether oxygens (including phenoxy) is 3. The number of fused-ring (bicyclic) bond motifs is 2. The van der Waals surface area contributed by atoms with E-state index in [1.165, 1.54) is 12.4 Å². The molecule has 3 aliphatic rings. The number of nitrogens with zero attached hydrogens (tertiary/aromatic N) is 4. The van der Waals surface area contributed by atoms with Gasteiger partial charge in [0.05, 0.1) is 47.7 Å². The average molecular weight is 516 g/mol. The molecule has 1 aromatic heterocycles. The summed E-state index contributed by atoms with van der Waals surface area (Å²) in [7, 11) is 0. The van der Waals surface area contributed by atoms with Gasteiger partial charge in [0.25, 0.3) is 0 Å². The number of anilines is 2. The van der Waals surface area contributed by atoms with Gasteiger partial charge in [0.1, 0.15) is 24.1 Å². The van der Waals surface area contributed by atoms with Gasteiger partial charge < -0.3 is 24.4 Å². The van der Waals surface area contributed by atoms with Crippen molar-refractivity contribution in [2.75, 3.05) is 38.2 Å². The van der Waals surface area contributed by atoms with Gasteiger partial charge in [-0.15, -0.1) is 0 Å². The second kappa shape index (κ2) is 9.71. The number of nitriles is 1. The molecule has 2 unspecified atom stereocenters. The van der Waals surface area contributed by atoms with Crippen LogP contribution in [0.25, 0.3) is 0 Å². The second-order valence-corrected chi connectivity index (χ2v) is 10.5. The van der Waals surface area contributed by atoms with Gasteiger partial charge >= 0.3 is 6.09 Å². The molecule has 2 bridgehead atoms. The second-order valence-electron chi connectivity index (χ2n) is 10.1. The Morgan fingerprint density at radius 1 is 1.33 bits per heavy atom. The summed E-state index contributed by atoms with van der Waals surface area (Å²) in [4.78, 5) is 22.9. The highest BCUT2D eigenvalue weighted by molar-refractivity contribution is 6.33. The van der Waals surface area contributed by atoms with E-state index in [2.05, 4.69) is 22.2 Å². The van der Waals surface area contributed by atoms with Gasteiger partial charge in [0.15, 0.2) is 0 Å². The lowest BCUT2D eigenvalue weighted by Crippen LogP contribution is -2.58. The van der Waals surface area contributed by atoms with Crippen molar-refractivity contribution in [2.45, 2.75) is 32.8 Å². The molecular weight excluding hydrogens is 489 g/mol. The number of aromatic nitrogens is 2. The quantitative estimate of drug-likeness (QED) is 0.600. The van der Waals surface area contributed by atoms with E-state index in [9.17, 15) is 9.18 Å². The molecule has 0 radical (unpaired) electrons. The Balaban J connectivity index is 1.29. The highest BCUT2D eigenvalue weighted by Crippen LogP contribution is 2.45. The van der Waals surface area contributed by atoms with E-state index >= 15 is 0 Å². The fourth-order valence-electron chi connectivity index (χ4n) is 4.61. The number of benzene rings is 1. The Morgan fingerprint density at radius 3 is 2.69 bits per heavy atom. The largest absolute Gasteiger partial charge is 0.473 e. The predicted octanol–water partition coefficient (Wildman–Crippen LogP) is 4.46. The smallest absolute Gasteiger partial charge is 0.409 e. The molecule has 0 spiro atoms. The Hall–Kier alpha value is -3.16. The van der Waals surface area contributed by atoms with Crippen LogP contribution in [0.4, 0.5) is 20.7 Å². The van der Waals surface area contributed by atoms with Gasteiger partial charge in [-0.1, -0.05) is 18.5 Å². The minimum absolute atomic E-state index is 0.0144. The van der Waals surface area contributed by atoms with Crippen molar-refractivity contribution in [3.63, 3.8) is 0 Å². The first kappa shape index (κ1) is 24.5. The molecule has 190 valence electrons. The fourth-order valence-corrected chi connectivity index (χ4v) is 4.86. The van der Waals surface area contributed by atoms with Gasteiger partial charge in [-0.25, -0.2) is 19.2 Å². The lowest BCUT2D eigenvalue weighted by atomic mass is 9.84. The zero-order valence-electron chi connectivity index (χ0n) is 20.1. The molecule has 3 fully saturated rings. The molecule has 1 aromatic carbocycles. The van der Waals surface area contributed by atoms with Crippen molar-refractivity contribution in [3.8, 4) is 11.9 Å². The first-order valence-corrected chi connectivity index (χ1v) is 12.3. The number of hydrogen-bond donors (Lipinski definition) is 1. The van der Waals surface area contributed by atoms with E-state index in [1.807, 2.05) is 6.07 Å². The maximum atomic E-state index is 14.5. The van der Waals surface area contributed by atoms with Crippen molar-refractivity contribution >= 4 is 29.2 Å². The standard InChI is InChI=1S/C25H27ClFN5O4/c1-14-22(31-20-18(26)5-15(7-28)6-19(20)27)29-13-30-23(14)36-21-16-8-32(9-17(21)11-34-10-16)24(33)35-12-25(2)3-4-25/h5-6,13,16-17,21H,3-4,8-12H2,1-2H3,(H,29,30,31). The van der Waals surface area contributed by atoms with Crippen LogP contribution in [-0.2, 0) is 9.47 Å². The van der Waals surface area contributed by atoms with Crippen molar-refractivity contribution in [1.29, 1.82) is 5.26 Å². The molecule has 3 heterocycles. The third-order valence-electron chi connectivity index (χ3n) is 7.11. The lowest BCUT2D eigenvalue weighted by Gasteiger charge is -2.46. The van der Waals surface area contributed by atoms with Gasteiger partial charge in [0, 0.05) is 30.3 Å². The van der Waals surface area contributed by atoms with Crippen molar-refractivity contribution in [3.05, 3.63) is 40.4 Å². The number of piperidine rings is 1. The predicted molar refractivity (Wildman–Crippen MR) is 129 cm³/mol. The number of likely N-dealkylation sites (tertiary alicyclic amines) is 1. The molecule has 9 nitrogen and oxygen atoms in total. The van der Waals surface area contributed by atoms with Crippen LogP contribution < -0.4 is 10.1 Å². The summed E-state index contributed by atoms with van der Waals surface area (Å²) in [5.41, 5.74) is 0.852. The monoisotopic (exact) mass is 515 g/mol. The van der Waals surface area contributed by atoms with E-state index in [4.69, 9.17) is 31.1 Å². The summed E-state index contributed by atoms with van der Waals surface area (Å²) in [5, 5.41) is 12.0. The van der Waals surface area contributed by atoms with E-state index in [-0.39, 0.29) is 45.7 Å². The Kier molecular flexibility index (Phi) is 6.62. The highest BCUT2D eigenvalue weighted by Gasteiger charge is 2.45. The van der Waals surface area contributed by atoms with Crippen LogP contribution in [0.15, 0.2) is 18.5 Å². The summed E-state index contributed by atoms with van der Waals surface area (Å²) >= 11 is 6.18. The molecule has 2 aromatic rings. The van der Waals surface area contributed by atoms with Crippen LogP contribution in [0.2, 0.25) is 5.02 Å². The number of amides is 1. The minimum atomic E-state index is -0.666. The molecule has 1 amide bonds. The lowest BCUT2D eigenvalue weighted by molar-refractivity contribution is -0.110. The van der Waals surface area contributed by atoms with Crippen LogP contribution in [0.1, 0.15) is 30.9 Å². The number of hydrogen-bond acceptors (Lipinski definition) is 8. The van der Waals surface area contributed by atoms with Gasteiger partial charge in [0.2, 0.25) is 5.88 Å². The first-order valence-electron chi connectivity index (χ1n) is 11.9. The molecule has 2 saturated heterocycles. The molecule has 5 rings (SSSR count). The van der Waals surface area contributed by atoms with Crippen molar-refractivity contribution < 1.29 is 23.4 Å². The molecule has 1 aliphatic carbocycles. The van der Waals surface area contributed by atoms with Gasteiger partial charge in [-0.2, -0.15) is 5.26 Å². The third-order valence-corrected chi connectivity index (χ3v) is 7.41. The SMILES string of the molecule is Cc1c(Nc2c(F)cc(C#N)cc2Cl)ncnc1OC1C2COCC1CN(C(=O)OCC1(C)CC1)C2. The number of rotatable bonds is 6. The number of carbonyl (C=O) groups is 1. The normalized spacial score (nSPS) is 24.0. The molecule has 1 N–H and O–H groups in total. The maximum Gasteiger partial charge on any atom is 0.409 e. The summed E-state index contributed by atoms with van der Waals surface area (Å²) in [6, 6.07) is 4.36. The maximum absolute atomic E-state index is 14.5. The van der Waals surface area contributed by atoms with Gasteiger partial charge in [-0.3, -0.25) is 0 Å². The van der Waals surface area contributed by atoms with Crippen LogP contribution in [0, 0.1) is 41.3 Å². The summed E-state index contributed by atoms with van der Waals surface area (Å²) in [6.45, 7) is 6.21. The molecule has 1 saturated carbocycles. The first-order chi connectivity index (χ1) is 17.3. The van der Waals surface area contributed by atoms with Crippen LogP contribution in [-0.4, -0.2) is 60.0 Å². The number of halogens is 2. The van der Waals surface area contributed by atoms with Crippen LogP contribution in [0.5, 0.6) is 5.88 Å². The van der Waals surface area contributed by atoms with E-state index < -0.39 is 5.82 Å². The Morgan fingerprint density at radius 2 is 2.06 bits per heavy atom. The highest BCUT2D eigenvalue weighted by atomic mass is 35.5. The fraction of sp³-hybridized carbons (Fsp3) is 0.520. The molecule has 2 aliphatic heterocycles. The van der Waals surface area contributed by atoms with E-state index in [1.54, 1.807) is 11.8 Å². The summed E-state index contributed by atoms with van der Waals surface area (Å²) in [6.07, 6.45) is 3.02.